The molecule has 1 saturated heterocycles. The first-order valence-corrected chi connectivity index (χ1v) is 7.06. The van der Waals surface area contributed by atoms with E-state index in [4.69, 9.17) is 4.52 Å². The van der Waals surface area contributed by atoms with E-state index in [-0.39, 0.29) is 5.91 Å². The van der Waals surface area contributed by atoms with Gasteiger partial charge in [-0.05, 0) is 13.3 Å². The molecule has 0 aromatic carbocycles. The number of thioether (sulfide) groups is 1. The van der Waals surface area contributed by atoms with Gasteiger partial charge in [0.05, 0.1) is 0 Å². The Morgan fingerprint density at radius 3 is 2.88 bits per heavy atom. The van der Waals surface area contributed by atoms with Crippen LogP contribution in [0.4, 0.5) is 0 Å². The number of carbonyl (C=O) groups excluding carboxylic acids is 1. The maximum Gasteiger partial charge on any atom is 0.226 e. The van der Waals surface area contributed by atoms with Crippen molar-refractivity contribution in [3.05, 3.63) is 11.7 Å². The zero-order valence-corrected chi connectivity index (χ0v) is 10.8. The van der Waals surface area contributed by atoms with Crippen LogP contribution in [0.5, 0.6) is 0 Å². The van der Waals surface area contributed by atoms with E-state index in [1.54, 1.807) is 6.92 Å². The van der Waals surface area contributed by atoms with Gasteiger partial charge in [0.1, 0.15) is 0 Å². The zero-order chi connectivity index (χ0) is 12.1. The van der Waals surface area contributed by atoms with Crippen molar-refractivity contribution in [3.63, 3.8) is 0 Å². The second-order valence-electron chi connectivity index (χ2n) is 4.08. The quantitative estimate of drug-likeness (QED) is 0.811. The van der Waals surface area contributed by atoms with Crippen LogP contribution >= 0.6 is 11.8 Å². The third kappa shape index (κ3) is 3.73. The molecular formula is C11H17N3O2S. The summed E-state index contributed by atoms with van der Waals surface area (Å²) < 4.78 is 5.00. The predicted octanol–water partition coefficient (Wildman–Crippen LogP) is 1.28. The number of carbonyl (C=O) groups is 1. The highest BCUT2D eigenvalue weighted by atomic mass is 32.2. The molecule has 6 heteroatoms. The fourth-order valence-corrected chi connectivity index (χ4v) is 2.71. The Balaban J connectivity index is 1.69. The molecule has 94 valence electrons. The van der Waals surface area contributed by atoms with Crippen LogP contribution in [0.2, 0.25) is 0 Å². The highest BCUT2D eigenvalue weighted by Gasteiger charge is 2.16. The maximum atomic E-state index is 11.8. The Labute approximate surface area is 105 Å². The van der Waals surface area contributed by atoms with Crippen molar-refractivity contribution in [2.45, 2.75) is 26.2 Å². The zero-order valence-electron chi connectivity index (χ0n) is 10.0. The molecule has 0 N–H and O–H groups in total. The van der Waals surface area contributed by atoms with Crippen LogP contribution in [0, 0.1) is 6.92 Å². The number of amides is 1. The third-order valence-electron chi connectivity index (χ3n) is 2.71. The van der Waals surface area contributed by atoms with E-state index in [1.165, 1.54) is 0 Å². The number of nitrogens with zero attached hydrogens (tertiary/aromatic N) is 3. The van der Waals surface area contributed by atoms with E-state index in [0.29, 0.717) is 24.6 Å². The fourth-order valence-electron chi connectivity index (χ4n) is 1.80. The van der Waals surface area contributed by atoms with Crippen LogP contribution in [0.3, 0.4) is 0 Å². The molecule has 1 aromatic heterocycles. The summed E-state index contributed by atoms with van der Waals surface area (Å²) >= 11 is 1.91. The number of hydrogen-bond acceptors (Lipinski definition) is 5. The first-order valence-electron chi connectivity index (χ1n) is 5.90. The maximum absolute atomic E-state index is 11.8. The van der Waals surface area contributed by atoms with Crippen LogP contribution in [0.1, 0.15) is 24.6 Å². The highest BCUT2D eigenvalue weighted by Crippen LogP contribution is 2.11. The van der Waals surface area contributed by atoms with E-state index in [9.17, 15) is 4.79 Å². The topological polar surface area (TPSA) is 59.2 Å². The van der Waals surface area contributed by atoms with Gasteiger partial charge in [-0.3, -0.25) is 4.79 Å². The monoisotopic (exact) mass is 255 g/mol. The van der Waals surface area contributed by atoms with Crippen molar-refractivity contribution in [3.8, 4) is 0 Å². The Bertz CT molecular complexity index is 375. The van der Waals surface area contributed by atoms with E-state index in [0.717, 1.165) is 31.0 Å². The Morgan fingerprint density at radius 2 is 2.24 bits per heavy atom. The number of hydrogen-bond donors (Lipinski definition) is 0. The van der Waals surface area contributed by atoms with E-state index in [1.807, 2.05) is 16.7 Å². The van der Waals surface area contributed by atoms with Gasteiger partial charge in [0, 0.05) is 37.4 Å². The molecule has 2 rings (SSSR count). The first-order chi connectivity index (χ1) is 8.25. The molecule has 0 bridgehead atoms. The molecule has 2 heterocycles. The summed E-state index contributed by atoms with van der Waals surface area (Å²) in [6.45, 7) is 3.58. The van der Waals surface area contributed by atoms with Crippen LogP contribution in [0.25, 0.3) is 0 Å². The number of aromatic nitrogens is 2. The van der Waals surface area contributed by atoms with Crippen molar-refractivity contribution in [2.75, 3.05) is 24.6 Å². The average molecular weight is 255 g/mol. The molecule has 0 saturated carbocycles. The third-order valence-corrected chi connectivity index (χ3v) is 3.66. The summed E-state index contributed by atoms with van der Waals surface area (Å²) in [4.78, 5) is 17.9. The molecule has 1 fully saturated rings. The minimum atomic E-state index is 0.251. The summed E-state index contributed by atoms with van der Waals surface area (Å²) in [6, 6.07) is 0. The molecule has 5 nitrogen and oxygen atoms in total. The first kappa shape index (κ1) is 12.4. The molecule has 1 amide bonds. The number of aryl methyl sites for hydroxylation is 2. The van der Waals surface area contributed by atoms with Crippen molar-refractivity contribution in [1.82, 2.24) is 15.0 Å². The molecular weight excluding hydrogens is 238 g/mol. The Hall–Kier alpha value is -1.04. The second kappa shape index (κ2) is 6.05. The minimum absolute atomic E-state index is 0.251. The second-order valence-corrected chi connectivity index (χ2v) is 5.31. The summed E-state index contributed by atoms with van der Waals surface area (Å²) in [5.74, 6) is 3.66. The van der Waals surface area contributed by atoms with E-state index in [2.05, 4.69) is 10.1 Å². The van der Waals surface area contributed by atoms with Gasteiger partial charge in [0.15, 0.2) is 5.82 Å². The van der Waals surface area contributed by atoms with E-state index < -0.39 is 0 Å². The van der Waals surface area contributed by atoms with Gasteiger partial charge >= 0.3 is 0 Å². The molecule has 0 radical (unpaired) electrons. The van der Waals surface area contributed by atoms with Gasteiger partial charge in [0.25, 0.3) is 0 Å². The molecule has 17 heavy (non-hydrogen) atoms. The normalized spacial score (nSPS) is 16.2. The smallest absolute Gasteiger partial charge is 0.226 e. The predicted molar refractivity (Wildman–Crippen MR) is 65.9 cm³/mol. The lowest BCUT2D eigenvalue weighted by Crippen LogP contribution is -2.37. The van der Waals surface area contributed by atoms with Gasteiger partial charge < -0.3 is 9.42 Å². The van der Waals surface area contributed by atoms with E-state index >= 15 is 0 Å². The van der Waals surface area contributed by atoms with Crippen LogP contribution < -0.4 is 0 Å². The minimum Gasteiger partial charge on any atom is -0.341 e. The standard InChI is InChI=1S/C11H17N3O2S/c1-9-12-10(16-13-9)3-2-4-11(15)14-5-7-17-8-6-14/h2-8H2,1H3. The molecule has 1 aliphatic heterocycles. The van der Waals surface area contributed by atoms with Crippen LogP contribution in [0.15, 0.2) is 4.52 Å². The number of rotatable bonds is 4. The summed E-state index contributed by atoms with van der Waals surface area (Å²) in [7, 11) is 0. The van der Waals surface area contributed by atoms with Crippen LogP contribution in [-0.4, -0.2) is 45.5 Å². The van der Waals surface area contributed by atoms with Gasteiger partial charge in [-0.1, -0.05) is 5.16 Å². The van der Waals surface area contributed by atoms with Crippen molar-refractivity contribution < 1.29 is 9.32 Å². The Kier molecular flexibility index (Phi) is 4.42. The average Bonchev–Trinajstić information content (AvgIpc) is 2.76. The molecule has 0 aliphatic carbocycles. The van der Waals surface area contributed by atoms with Crippen molar-refractivity contribution in [2.24, 2.45) is 0 Å². The van der Waals surface area contributed by atoms with Gasteiger partial charge in [-0.2, -0.15) is 16.7 Å². The SMILES string of the molecule is Cc1noc(CCCC(=O)N2CCSCC2)n1. The summed E-state index contributed by atoms with van der Waals surface area (Å²) in [6.07, 6.45) is 2.05. The lowest BCUT2D eigenvalue weighted by atomic mass is 10.2. The van der Waals surface area contributed by atoms with Crippen molar-refractivity contribution in [1.29, 1.82) is 0 Å². The lowest BCUT2D eigenvalue weighted by Gasteiger charge is -2.26. The summed E-state index contributed by atoms with van der Waals surface area (Å²) in [5.41, 5.74) is 0. The molecule has 0 spiro atoms. The van der Waals surface area contributed by atoms with Crippen molar-refractivity contribution >= 4 is 17.7 Å². The molecule has 1 aromatic rings. The molecule has 0 unspecified atom stereocenters. The Morgan fingerprint density at radius 1 is 1.47 bits per heavy atom. The van der Waals surface area contributed by atoms with Gasteiger partial charge in [-0.25, -0.2) is 0 Å². The fraction of sp³-hybridized carbons (Fsp3) is 0.727. The molecule has 1 aliphatic rings. The largest absolute Gasteiger partial charge is 0.341 e. The van der Waals surface area contributed by atoms with Crippen LogP contribution in [-0.2, 0) is 11.2 Å². The summed E-state index contributed by atoms with van der Waals surface area (Å²) in [5, 5.41) is 3.72. The highest BCUT2D eigenvalue weighted by molar-refractivity contribution is 7.99. The van der Waals surface area contributed by atoms with Gasteiger partial charge in [-0.15, -0.1) is 0 Å². The van der Waals surface area contributed by atoms with Gasteiger partial charge in [0.2, 0.25) is 11.8 Å². The molecule has 0 atom stereocenters. The lowest BCUT2D eigenvalue weighted by molar-refractivity contribution is -0.130.